The number of nitrogens with zero attached hydrogens (tertiary/aromatic N) is 1. The molecule has 0 bridgehead atoms. The number of carbonyl (C=O) groups excluding carboxylic acids is 1. The Balaban J connectivity index is 1.70. The van der Waals surface area contributed by atoms with E-state index in [1.54, 1.807) is 0 Å². The maximum Gasteiger partial charge on any atom is 0.257 e. The van der Waals surface area contributed by atoms with Crippen LogP contribution in [0.15, 0.2) is 48.5 Å². The van der Waals surface area contributed by atoms with Gasteiger partial charge in [-0.05, 0) is 42.7 Å². The average Bonchev–Trinajstić information content (AvgIpc) is 2.61. The van der Waals surface area contributed by atoms with Crippen molar-refractivity contribution in [3.63, 3.8) is 0 Å². The number of carbonyl (C=O) groups is 1. The molecule has 2 aromatic carbocycles. The van der Waals surface area contributed by atoms with E-state index >= 15 is 0 Å². The first-order valence-electron chi connectivity index (χ1n) is 8.14. The first-order chi connectivity index (χ1) is 11.6. The fraction of sp³-hybridized carbons (Fsp3) is 0.316. The van der Waals surface area contributed by atoms with E-state index in [9.17, 15) is 4.79 Å². The molecular formula is C19H21ClN2O2. The molecule has 126 valence electrons. The summed E-state index contributed by atoms with van der Waals surface area (Å²) in [6, 6.07) is 15.1. The van der Waals surface area contributed by atoms with Crippen molar-refractivity contribution < 1.29 is 9.53 Å². The van der Waals surface area contributed by atoms with E-state index in [1.807, 2.05) is 53.4 Å². The summed E-state index contributed by atoms with van der Waals surface area (Å²) in [6.45, 7) is 1.80. The summed E-state index contributed by atoms with van der Waals surface area (Å²) < 4.78 is 5.88. The highest BCUT2D eigenvalue weighted by Gasteiger charge is 2.23. The first-order valence-corrected chi connectivity index (χ1v) is 8.52. The quantitative estimate of drug-likeness (QED) is 0.923. The third-order valence-electron chi connectivity index (χ3n) is 4.25. The Hall–Kier alpha value is -2.04. The molecule has 1 aliphatic rings. The summed E-state index contributed by atoms with van der Waals surface area (Å²) in [5.74, 6) is 0.612. The Bertz CT molecular complexity index is 695. The van der Waals surface area contributed by atoms with Crippen LogP contribution in [-0.2, 0) is 6.61 Å². The minimum absolute atomic E-state index is 0.00797. The van der Waals surface area contributed by atoms with Crippen molar-refractivity contribution in [2.75, 3.05) is 13.1 Å². The van der Waals surface area contributed by atoms with Gasteiger partial charge in [-0.1, -0.05) is 35.9 Å². The highest BCUT2D eigenvalue weighted by atomic mass is 35.5. The smallest absolute Gasteiger partial charge is 0.257 e. The molecule has 3 rings (SSSR count). The zero-order valence-corrected chi connectivity index (χ0v) is 14.2. The lowest BCUT2D eigenvalue weighted by atomic mass is 10.0. The third kappa shape index (κ3) is 4.08. The molecule has 0 atom stereocenters. The normalized spacial score (nSPS) is 15.3. The summed E-state index contributed by atoms with van der Waals surface area (Å²) in [4.78, 5) is 14.6. The Labute approximate surface area is 147 Å². The maximum absolute atomic E-state index is 12.8. The minimum Gasteiger partial charge on any atom is -0.488 e. The van der Waals surface area contributed by atoms with Gasteiger partial charge in [0.1, 0.15) is 12.4 Å². The zero-order chi connectivity index (χ0) is 16.9. The molecule has 1 saturated heterocycles. The number of piperidine rings is 1. The van der Waals surface area contributed by atoms with Gasteiger partial charge in [0.05, 0.1) is 5.56 Å². The first kappa shape index (κ1) is 16.8. The van der Waals surface area contributed by atoms with Crippen LogP contribution in [0.5, 0.6) is 5.75 Å². The van der Waals surface area contributed by atoms with E-state index in [-0.39, 0.29) is 11.9 Å². The van der Waals surface area contributed by atoms with Crippen molar-refractivity contribution in [2.24, 2.45) is 5.73 Å². The van der Waals surface area contributed by atoms with Gasteiger partial charge in [0.2, 0.25) is 0 Å². The molecule has 1 amide bonds. The predicted octanol–water partition coefficient (Wildman–Crippen LogP) is 3.48. The van der Waals surface area contributed by atoms with E-state index < -0.39 is 0 Å². The molecule has 1 fully saturated rings. The molecule has 2 aromatic rings. The molecule has 0 spiro atoms. The van der Waals surface area contributed by atoms with Gasteiger partial charge in [0.25, 0.3) is 5.91 Å². The number of likely N-dealkylation sites (tertiary alicyclic amines) is 1. The molecule has 24 heavy (non-hydrogen) atoms. The monoisotopic (exact) mass is 344 g/mol. The van der Waals surface area contributed by atoms with E-state index in [0.29, 0.717) is 36.0 Å². The number of amides is 1. The number of benzene rings is 2. The van der Waals surface area contributed by atoms with Crippen molar-refractivity contribution in [3.8, 4) is 5.75 Å². The molecule has 0 radical (unpaired) electrons. The number of ether oxygens (including phenoxy) is 1. The van der Waals surface area contributed by atoms with Crippen molar-refractivity contribution in [2.45, 2.75) is 25.5 Å². The lowest BCUT2D eigenvalue weighted by Gasteiger charge is -2.30. The molecule has 0 saturated carbocycles. The SMILES string of the molecule is NC1CCN(C(=O)c2ccccc2OCc2ccc(Cl)cc2)CC1. The lowest BCUT2D eigenvalue weighted by Crippen LogP contribution is -2.42. The van der Waals surface area contributed by atoms with Crippen LogP contribution in [-0.4, -0.2) is 29.9 Å². The fourth-order valence-corrected chi connectivity index (χ4v) is 2.91. The van der Waals surface area contributed by atoms with Crippen molar-refractivity contribution in [3.05, 3.63) is 64.7 Å². The number of nitrogens with two attached hydrogens (primary N) is 1. The summed E-state index contributed by atoms with van der Waals surface area (Å²) in [5.41, 5.74) is 7.52. The zero-order valence-electron chi connectivity index (χ0n) is 13.5. The van der Waals surface area contributed by atoms with E-state index in [0.717, 1.165) is 18.4 Å². The van der Waals surface area contributed by atoms with Gasteiger partial charge in [0, 0.05) is 24.2 Å². The van der Waals surface area contributed by atoms with Gasteiger partial charge in [-0.15, -0.1) is 0 Å². The molecule has 0 aromatic heterocycles. The molecule has 4 nitrogen and oxygen atoms in total. The third-order valence-corrected chi connectivity index (χ3v) is 4.50. The van der Waals surface area contributed by atoms with E-state index in [2.05, 4.69) is 0 Å². The van der Waals surface area contributed by atoms with Crippen LogP contribution in [0.2, 0.25) is 5.02 Å². The lowest BCUT2D eigenvalue weighted by molar-refractivity contribution is 0.0710. The molecular weight excluding hydrogens is 324 g/mol. The number of hydrogen-bond acceptors (Lipinski definition) is 3. The van der Waals surface area contributed by atoms with Crippen LogP contribution < -0.4 is 10.5 Å². The average molecular weight is 345 g/mol. The van der Waals surface area contributed by atoms with E-state index in [4.69, 9.17) is 22.1 Å². The fourth-order valence-electron chi connectivity index (χ4n) is 2.78. The highest BCUT2D eigenvalue weighted by molar-refractivity contribution is 6.30. The Morgan fingerprint density at radius 1 is 1.12 bits per heavy atom. The van der Waals surface area contributed by atoms with Gasteiger partial charge in [0.15, 0.2) is 0 Å². The summed E-state index contributed by atoms with van der Waals surface area (Å²) in [5, 5.41) is 0.692. The van der Waals surface area contributed by atoms with E-state index in [1.165, 1.54) is 0 Å². The van der Waals surface area contributed by atoms with Crippen LogP contribution >= 0.6 is 11.6 Å². The molecule has 0 unspecified atom stereocenters. The Morgan fingerprint density at radius 2 is 1.79 bits per heavy atom. The van der Waals surface area contributed by atoms with Crippen molar-refractivity contribution >= 4 is 17.5 Å². The number of halogens is 1. The van der Waals surface area contributed by atoms with Crippen LogP contribution in [0.1, 0.15) is 28.8 Å². The van der Waals surface area contributed by atoms with Crippen molar-refractivity contribution in [1.82, 2.24) is 4.90 Å². The van der Waals surface area contributed by atoms with Crippen LogP contribution in [0, 0.1) is 0 Å². The van der Waals surface area contributed by atoms with Gasteiger partial charge in [-0.25, -0.2) is 0 Å². The van der Waals surface area contributed by atoms with Gasteiger partial charge < -0.3 is 15.4 Å². The van der Waals surface area contributed by atoms with Crippen LogP contribution in [0.25, 0.3) is 0 Å². The van der Waals surface area contributed by atoms with Gasteiger partial charge in [-0.2, -0.15) is 0 Å². The standard InChI is InChI=1S/C19H21ClN2O2/c20-15-7-5-14(6-8-15)13-24-18-4-2-1-3-17(18)19(23)22-11-9-16(21)10-12-22/h1-8,16H,9-13,21H2. The van der Waals surface area contributed by atoms with Gasteiger partial charge >= 0.3 is 0 Å². The number of rotatable bonds is 4. The summed E-state index contributed by atoms with van der Waals surface area (Å²) in [7, 11) is 0. The minimum atomic E-state index is 0.00797. The largest absolute Gasteiger partial charge is 0.488 e. The molecule has 2 N–H and O–H groups in total. The van der Waals surface area contributed by atoms with Crippen molar-refractivity contribution in [1.29, 1.82) is 0 Å². The maximum atomic E-state index is 12.8. The van der Waals surface area contributed by atoms with Gasteiger partial charge in [-0.3, -0.25) is 4.79 Å². The van der Waals surface area contributed by atoms with Crippen LogP contribution in [0.3, 0.4) is 0 Å². The predicted molar refractivity (Wildman–Crippen MR) is 95.3 cm³/mol. The molecule has 0 aliphatic carbocycles. The summed E-state index contributed by atoms with van der Waals surface area (Å²) in [6.07, 6.45) is 1.69. The molecule has 1 heterocycles. The number of para-hydroxylation sites is 1. The Kier molecular flexibility index (Phi) is 5.38. The molecule has 5 heteroatoms. The topological polar surface area (TPSA) is 55.6 Å². The Morgan fingerprint density at radius 3 is 2.50 bits per heavy atom. The second-order valence-corrected chi connectivity index (χ2v) is 6.48. The summed E-state index contributed by atoms with van der Waals surface area (Å²) >= 11 is 5.89. The number of hydrogen-bond donors (Lipinski definition) is 1. The second-order valence-electron chi connectivity index (χ2n) is 6.04. The van der Waals surface area contributed by atoms with Crippen LogP contribution in [0.4, 0.5) is 0 Å². The highest BCUT2D eigenvalue weighted by Crippen LogP contribution is 2.23. The molecule has 1 aliphatic heterocycles. The second kappa shape index (κ2) is 7.69.